The molecule has 0 aliphatic carbocycles. The summed E-state index contributed by atoms with van der Waals surface area (Å²) in [5.41, 5.74) is -1.61. The molecule has 0 radical (unpaired) electrons. The van der Waals surface area contributed by atoms with E-state index < -0.39 is 33.7 Å². The van der Waals surface area contributed by atoms with Crippen LogP contribution in [0.4, 0.5) is 14.5 Å². The van der Waals surface area contributed by atoms with Crippen molar-refractivity contribution in [3.05, 3.63) is 39.4 Å². The van der Waals surface area contributed by atoms with Crippen LogP contribution in [-0.2, 0) is 0 Å². The molecular formula is C13H13BrF2N2O3. The summed E-state index contributed by atoms with van der Waals surface area (Å²) >= 11 is 3.34. The number of nitrogens with zero attached hydrogens (tertiary/aromatic N) is 2. The van der Waals surface area contributed by atoms with Crippen molar-refractivity contribution >= 4 is 27.5 Å². The van der Waals surface area contributed by atoms with Gasteiger partial charge in [-0.1, -0.05) is 15.9 Å². The number of piperidine rings is 1. The van der Waals surface area contributed by atoms with Gasteiger partial charge in [0.2, 0.25) is 5.82 Å². The zero-order valence-corrected chi connectivity index (χ0v) is 12.6. The van der Waals surface area contributed by atoms with Crippen LogP contribution in [0.2, 0.25) is 0 Å². The molecule has 2 rings (SSSR count). The minimum absolute atomic E-state index is 0.245. The first-order chi connectivity index (χ1) is 9.93. The highest BCUT2D eigenvalue weighted by atomic mass is 79.9. The van der Waals surface area contributed by atoms with Crippen LogP contribution in [-0.4, -0.2) is 34.2 Å². The maximum Gasteiger partial charge on any atom is 0.308 e. The predicted molar refractivity (Wildman–Crippen MR) is 75.4 cm³/mol. The molecule has 0 spiro atoms. The number of hydrogen-bond acceptors (Lipinski definition) is 3. The molecule has 1 heterocycles. The number of nitro benzene ring substituents is 1. The molecule has 1 aromatic carbocycles. The Labute approximate surface area is 128 Å². The molecule has 0 aromatic heterocycles. The zero-order valence-electron chi connectivity index (χ0n) is 11.0. The molecule has 1 atom stereocenters. The van der Waals surface area contributed by atoms with Gasteiger partial charge >= 0.3 is 5.69 Å². The Balaban J connectivity index is 2.33. The number of likely N-dealkylation sites (tertiary alicyclic amines) is 1. The van der Waals surface area contributed by atoms with Crippen molar-refractivity contribution in [2.24, 2.45) is 5.92 Å². The zero-order chi connectivity index (χ0) is 15.6. The summed E-state index contributed by atoms with van der Waals surface area (Å²) in [6.07, 6.45) is 1.71. The first-order valence-electron chi connectivity index (χ1n) is 6.42. The normalized spacial score (nSPS) is 18.6. The van der Waals surface area contributed by atoms with Crippen molar-refractivity contribution in [1.82, 2.24) is 4.90 Å². The van der Waals surface area contributed by atoms with Gasteiger partial charge in [-0.3, -0.25) is 14.9 Å². The first-order valence-corrected chi connectivity index (χ1v) is 7.55. The van der Waals surface area contributed by atoms with Crippen LogP contribution in [0.3, 0.4) is 0 Å². The fourth-order valence-electron chi connectivity index (χ4n) is 2.41. The van der Waals surface area contributed by atoms with Crippen molar-refractivity contribution in [1.29, 1.82) is 0 Å². The van der Waals surface area contributed by atoms with Gasteiger partial charge in [0.05, 0.1) is 16.6 Å². The van der Waals surface area contributed by atoms with E-state index in [2.05, 4.69) is 15.9 Å². The predicted octanol–water partition coefficient (Wildman–Crippen LogP) is 3.12. The van der Waals surface area contributed by atoms with Gasteiger partial charge in [-0.05, 0) is 24.8 Å². The molecule has 21 heavy (non-hydrogen) atoms. The number of hydrogen-bond donors (Lipinski definition) is 0. The van der Waals surface area contributed by atoms with E-state index in [0.717, 1.165) is 12.8 Å². The van der Waals surface area contributed by atoms with Gasteiger partial charge in [0, 0.05) is 18.4 Å². The maximum atomic E-state index is 14.0. The molecule has 1 aromatic rings. The van der Waals surface area contributed by atoms with E-state index in [4.69, 9.17) is 0 Å². The third-order valence-electron chi connectivity index (χ3n) is 3.47. The molecular weight excluding hydrogens is 350 g/mol. The van der Waals surface area contributed by atoms with Crippen molar-refractivity contribution in [3.8, 4) is 0 Å². The van der Waals surface area contributed by atoms with Gasteiger partial charge in [0.25, 0.3) is 5.91 Å². The molecule has 0 N–H and O–H groups in total. The standard InChI is InChI=1S/C13H13BrF2N2O3/c14-6-8-2-1-3-17(7-8)13(19)10-4-9(15)5-11(12(10)16)18(20)21/h4-5,8H,1-3,6-7H2. The summed E-state index contributed by atoms with van der Waals surface area (Å²) in [6, 6.07) is 1.19. The van der Waals surface area contributed by atoms with Gasteiger partial charge in [-0.15, -0.1) is 0 Å². The van der Waals surface area contributed by atoms with Crippen molar-refractivity contribution in [2.45, 2.75) is 12.8 Å². The van der Waals surface area contributed by atoms with E-state index >= 15 is 0 Å². The second-order valence-electron chi connectivity index (χ2n) is 4.96. The third kappa shape index (κ3) is 3.37. The van der Waals surface area contributed by atoms with Gasteiger partial charge in [-0.2, -0.15) is 4.39 Å². The Bertz CT molecular complexity index is 583. The van der Waals surface area contributed by atoms with Crippen LogP contribution >= 0.6 is 15.9 Å². The van der Waals surface area contributed by atoms with E-state index in [1.54, 1.807) is 0 Å². The fourth-order valence-corrected chi connectivity index (χ4v) is 2.94. The molecule has 0 saturated carbocycles. The first kappa shape index (κ1) is 15.8. The van der Waals surface area contributed by atoms with Crippen LogP contribution < -0.4 is 0 Å². The fraction of sp³-hybridized carbons (Fsp3) is 0.462. The lowest BCUT2D eigenvalue weighted by molar-refractivity contribution is -0.387. The van der Waals surface area contributed by atoms with Gasteiger partial charge in [0.15, 0.2) is 0 Å². The van der Waals surface area contributed by atoms with E-state index in [-0.39, 0.29) is 5.92 Å². The number of amides is 1. The lowest BCUT2D eigenvalue weighted by Crippen LogP contribution is -2.40. The topological polar surface area (TPSA) is 63.4 Å². The molecule has 1 unspecified atom stereocenters. The molecule has 1 amide bonds. The van der Waals surface area contributed by atoms with Crippen LogP contribution in [0, 0.1) is 27.7 Å². The second-order valence-corrected chi connectivity index (χ2v) is 5.60. The number of carbonyl (C=O) groups is 1. The van der Waals surface area contributed by atoms with E-state index in [0.29, 0.717) is 30.6 Å². The van der Waals surface area contributed by atoms with E-state index in [1.807, 2.05) is 0 Å². The minimum atomic E-state index is -1.28. The largest absolute Gasteiger partial charge is 0.338 e. The number of rotatable bonds is 3. The molecule has 114 valence electrons. The van der Waals surface area contributed by atoms with Gasteiger partial charge in [0.1, 0.15) is 5.82 Å². The second kappa shape index (κ2) is 6.46. The SMILES string of the molecule is O=C(c1cc(F)cc([N+](=O)[O-])c1F)N1CCCC(CBr)C1. The Morgan fingerprint density at radius 1 is 1.48 bits per heavy atom. The summed E-state index contributed by atoms with van der Waals surface area (Å²) in [7, 11) is 0. The Morgan fingerprint density at radius 2 is 2.19 bits per heavy atom. The summed E-state index contributed by atoms with van der Waals surface area (Å²) in [5.74, 6) is -2.75. The highest BCUT2D eigenvalue weighted by Crippen LogP contribution is 2.26. The van der Waals surface area contributed by atoms with E-state index in [1.165, 1.54) is 4.90 Å². The number of halogens is 3. The monoisotopic (exact) mass is 362 g/mol. The molecule has 1 aliphatic rings. The smallest absolute Gasteiger partial charge is 0.308 e. The quantitative estimate of drug-likeness (QED) is 0.471. The summed E-state index contributed by atoms with van der Waals surface area (Å²) in [4.78, 5) is 23.4. The van der Waals surface area contributed by atoms with Gasteiger partial charge < -0.3 is 4.90 Å². The Morgan fingerprint density at radius 3 is 2.81 bits per heavy atom. The van der Waals surface area contributed by atoms with Crippen LogP contribution in [0.1, 0.15) is 23.2 Å². The summed E-state index contributed by atoms with van der Waals surface area (Å²) in [5, 5.41) is 11.4. The highest BCUT2D eigenvalue weighted by molar-refractivity contribution is 9.09. The summed E-state index contributed by atoms with van der Waals surface area (Å²) in [6.45, 7) is 0.861. The number of carbonyl (C=O) groups excluding carboxylic acids is 1. The number of nitro groups is 1. The van der Waals surface area contributed by atoms with Crippen molar-refractivity contribution < 1.29 is 18.5 Å². The molecule has 1 saturated heterocycles. The van der Waals surface area contributed by atoms with Crippen LogP contribution in [0.25, 0.3) is 0 Å². The Kier molecular flexibility index (Phi) is 4.87. The van der Waals surface area contributed by atoms with Gasteiger partial charge in [-0.25, -0.2) is 4.39 Å². The molecule has 1 aliphatic heterocycles. The van der Waals surface area contributed by atoms with Crippen LogP contribution in [0.15, 0.2) is 12.1 Å². The Hall–Kier alpha value is -1.57. The number of alkyl halides is 1. The maximum absolute atomic E-state index is 14.0. The van der Waals surface area contributed by atoms with Crippen LogP contribution in [0.5, 0.6) is 0 Å². The molecule has 8 heteroatoms. The average molecular weight is 363 g/mol. The van der Waals surface area contributed by atoms with Crippen molar-refractivity contribution in [2.75, 3.05) is 18.4 Å². The average Bonchev–Trinajstić information content (AvgIpc) is 2.48. The van der Waals surface area contributed by atoms with Crippen molar-refractivity contribution in [3.63, 3.8) is 0 Å². The number of benzene rings is 1. The molecule has 5 nitrogen and oxygen atoms in total. The summed E-state index contributed by atoms with van der Waals surface area (Å²) < 4.78 is 27.4. The lowest BCUT2D eigenvalue weighted by atomic mass is 9.99. The highest BCUT2D eigenvalue weighted by Gasteiger charge is 2.29. The molecule has 0 bridgehead atoms. The van der Waals surface area contributed by atoms with E-state index in [9.17, 15) is 23.7 Å². The third-order valence-corrected chi connectivity index (χ3v) is 4.39. The molecule has 1 fully saturated rings. The lowest BCUT2D eigenvalue weighted by Gasteiger charge is -2.32. The minimum Gasteiger partial charge on any atom is -0.338 e.